The molecule has 0 bridgehead atoms. The quantitative estimate of drug-likeness (QED) is 0.808. The number of aromatic nitrogens is 1. The van der Waals surface area contributed by atoms with E-state index in [0.29, 0.717) is 26.2 Å². The van der Waals surface area contributed by atoms with E-state index in [1.165, 1.54) is 11.3 Å². The predicted octanol–water partition coefficient (Wildman–Crippen LogP) is 1.94. The highest BCUT2D eigenvalue weighted by molar-refractivity contribution is 7.88. The van der Waals surface area contributed by atoms with Crippen molar-refractivity contribution in [1.82, 2.24) is 9.71 Å². The molecule has 0 aliphatic carbocycles. The van der Waals surface area contributed by atoms with E-state index in [2.05, 4.69) is 9.71 Å². The molecular weight excluding hydrogens is 348 g/mol. The maximum atomic E-state index is 12.4. The number of nitrogens with one attached hydrogen (secondary N) is 1. The minimum absolute atomic E-state index is 0.0377. The lowest BCUT2D eigenvalue weighted by Crippen LogP contribution is -2.50. The van der Waals surface area contributed by atoms with Crippen molar-refractivity contribution in [3.8, 4) is 0 Å². The van der Waals surface area contributed by atoms with Crippen molar-refractivity contribution in [3.05, 3.63) is 52.5 Å². The third-order valence-corrected chi connectivity index (χ3v) is 5.77. The molecule has 1 aliphatic rings. The molecule has 0 spiro atoms. The Labute approximate surface area is 145 Å². The van der Waals surface area contributed by atoms with Crippen molar-refractivity contribution < 1.29 is 17.9 Å². The van der Waals surface area contributed by atoms with E-state index in [1.807, 2.05) is 23.6 Å². The first-order valence-corrected chi connectivity index (χ1v) is 10.3. The molecule has 1 aromatic carbocycles. The Kier molecular flexibility index (Phi) is 5.96. The van der Waals surface area contributed by atoms with Crippen LogP contribution in [0.3, 0.4) is 0 Å². The highest BCUT2D eigenvalue weighted by atomic mass is 32.2. The van der Waals surface area contributed by atoms with Gasteiger partial charge in [-0.2, -0.15) is 0 Å². The summed E-state index contributed by atoms with van der Waals surface area (Å²) < 4.78 is 38.9. The molecule has 2 unspecified atom stereocenters. The molecule has 1 saturated heterocycles. The first-order valence-electron chi connectivity index (χ1n) is 7.73. The van der Waals surface area contributed by atoms with Crippen molar-refractivity contribution in [3.63, 3.8) is 0 Å². The fourth-order valence-corrected chi connectivity index (χ4v) is 4.57. The summed E-state index contributed by atoms with van der Waals surface area (Å²) in [6.07, 6.45) is 0.279. The summed E-state index contributed by atoms with van der Waals surface area (Å²) in [5, 5.41) is 1.91. The molecule has 24 heavy (non-hydrogen) atoms. The maximum Gasteiger partial charge on any atom is 0.216 e. The van der Waals surface area contributed by atoms with Crippen molar-refractivity contribution in [1.29, 1.82) is 0 Å². The molecule has 1 aliphatic heterocycles. The van der Waals surface area contributed by atoms with Gasteiger partial charge in [0.05, 0.1) is 42.3 Å². The van der Waals surface area contributed by atoms with Crippen LogP contribution in [-0.4, -0.2) is 38.8 Å². The second-order valence-corrected chi connectivity index (χ2v) is 8.13. The maximum absolute atomic E-state index is 12.4. The molecule has 2 heterocycles. The molecule has 6 nitrogen and oxygen atoms in total. The average Bonchev–Trinajstić information content (AvgIpc) is 3.07. The van der Waals surface area contributed by atoms with E-state index in [9.17, 15) is 8.42 Å². The fourth-order valence-electron chi connectivity index (χ4n) is 2.58. The Morgan fingerprint density at radius 2 is 2.17 bits per heavy atom. The summed E-state index contributed by atoms with van der Waals surface area (Å²) in [7, 11) is -3.44. The number of benzene rings is 1. The molecule has 0 radical (unpaired) electrons. The molecule has 3 rings (SSSR count). The van der Waals surface area contributed by atoms with Crippen molar-refractivity contribution >= 4 is 21.4 Å². The van der Waals surface area contributed by atoms with Gasteiger partial charge in [-0.05, 0) is 12.0 Å². The Balaban J connectivity index is 1.60. The lowest BCUT2D eigenvalue weighted by Gasteiger charge is -2.31. The lowest BCUT2D eigenvalue weighted by molar-refractivity contribution is -0.0718. The number of rotatable bonds is 7. The Morgan fingerprint density at radius 3 is 2.92 bits per heavy atom. The normalized spacial score (nSPS) is 21.7. The standard InChI is InChI=1S/C16H20N2O4S2/c19-24(20,11-13-4-2-1-3-5-13)18-15-6-7-21-9-16(15)22-8-14-10-23-12-17-14/h1-5,10,12,15-16,18H,6-9,11H2. The van der Waals surface area contributed by atoms with Gasteiger partial charge in [-0.25, -0.2) is 18.1 Å². The molecule has 1 aromatic heterocycles. The molecule has 2 aromatic rings. The number of thiazole rings is 1. The second kappa shape index (κ2) is 8.17. The third-order valence-electron chi connectivity index (χ3n) is 3.76. The molecule has 0 saturated carbocycles. The minimum atomic E-state index is -3.44. The van der Waals surface area contributed by atoms with E-state index in [1.54, 1.807) is 17.6 Å². The summed E-state index contributed by atoms with van der Waals surface area (Å²) in [6, 6.07) is 8.85. The molecule has 1 fully saturated rings. The molecule has 2 atom stereocenters. The van der Waals surface area contributed by atoms with Gasteiger partial charge in [-0.3, -0.25) is 0 Å². The zero-order valence-corrected chi connectivity index (χ0v) is 14.8. The van der Waals surface area contributed by atoms with Crippen LogP contribution in [0.2, 0.25) is 0 Å². The number of hydrogen-bond donors (Lipinski definition) is 1. The fraction of sp³-hybridized carbons (Fsp3) is 0.438. The lowest BCUT2D eigenvalue weighted by atomic mass is 10.1. The van der Waals surface area contributed by atoms with Crippen LogP contribution < -0.4 is 4.72 Å². The van der Waals surface area contributed by atoms with Gasteiger partial charge in [-0.1, -0.05) is 30.3 Å². The number of nitrogens with zero attached hydrogens (tertiary/aromatic N) is 1. The topological polar surface area (TPSA) is 77.5 Å². The van der Waals surface area contributed by atoms with Crippen molar-refractivity contribution in [2.75, 3.05) is 13.2 Å². The Hall–Kier alpha value is -1.32. The summed E-state index contributed by atoms with van der Waals surface area (Å²) in [4.78, 5) is 4.17. The van der Waals surface area contributed by atoms with Gasteiger partial charge in [0.25, 0.3) is 0 Å². The molecule has 1 N–H and O–H groups in total. The average molecular weight is 368 g/mol. The van der Waals surface area contributed by atoms with Crippen molar-refractivity contribution in [2.45, 2.75) is 30.9 Å². The highest BCUT2D eigenvalue weighted by Gasteiger charge is 2.30. The van der Waals surface area contributed by atoms with E-state index < -0.39 is 10.0 Å². The van der Waals surface area contributed by atoms with Gasteiger partial charge in [0.15, 0.2) is 0 Å². The zero-order valence-electron chi connectivity index (χ0n) is 13.1. The smallest absolute Gasteiger partial charge is 0.216 e. The number of ether oxygens (including phenoxy) is 2. The van der Waals surface area contributed by atoms with Crippen LogP contribution in [0.15, 0.2) is 41.2 Å². The van der Waals surface area contributed by atoms with Crippen LogP contribution in [-0.2, 0) is 31.9 Å². The monoisotopic (exact) mass is 368 g/mol. The van der Waals surface area contributed by atoms with E-state index >= 15 is 0 Å². The minimum Gasteiger partial charge on any atom is -0.379 e. The Morgan fingerprint density at radius 1 is 1.33 bits per heavy atom. The van der Waals surface area contributed by atoms with Crippen LogP contribution in [0.1, 0.15) is 17.7 Å². The number of hydrogen-bond acceptors (Lipinski definition) is 6. The van der Waals surface area contributed by atoms with Crippen LogP contribution in [0.25, 0.3) is 0 Å². The van der Waals surface area contributed by atoms with Gasteiger partial charge in [0, 0.05) is 12.0 Å². The largest absolute Gasteiger partial charge is 0.379 e. The van der Waals surface area contributed by atoms with Crippen LogP contribution in [0.5, 0.6) is 0 Å². The van der Waals surface area contributed by atoms with E-state index in [0.717, 1.165) is 11.3 Å². The SMILES string of the molecule is O=S(=O)(Cc1ccccc1)NC1CCOCC1OCc1cscn1. The van der Waals surface area contributed by atoms with Gasteiger partial charge in [-0.15, -0.1) is 11.3 Å². The summed E-state index contributed by atoms with van der Waals surface area (Å²) in [6.45, 7) is 1.26. The van der Waals surface area contributed by atoms with Crippen molar-refractivity contribution in [2.24, 2.45) is 0 Å². The van der Waals surface area contributed by atoms with E-state index in [4.69, 9.17) is 9.47 Å². The Bertz CT molecular complexity index is 720. The van der Waals surface area contributed by atoms with Crippen LogP contribution in [0.4, 0.5) is 0 Å². The molecule has 8 heteroatoms. The van der Waals surface area contributed by atoms with E-state index in [-0.39, 0.29) is 17.9 Å². The first kappa shape index (κ1) is 17.5. The van der Waals surface area contributed by atoms with Crippen LogP contribution in [0, 0.1) is 0 Å². The van der Waals surface area contributed by atoms with Gasteiger partial charge in [0.1, 0.15) is 0 Å². The summed E-state index contributed by atoms with van der Waals surface area (Å²) in [5.41, 5.74) is 3.35. The first-order chi connectivity index (χ1) is 11.6. The van der Waals surface area contributed by atoms with Crippen LogP contribution >= 0.6 is 11.3 Å². The zero-order chi connectivity index (χ0) is 16.8. The highest BCUT2D eigenvalue weighted by Crippen LogP contribution is 2.16. The van der Waals surface area contributed by atoms with Gasteiger partial charge >= 0.3 is 0 Å². The third kappa shape index (κ3) is 5.09. The number of sulfonamides is 1. The predicted molar refractivity (Wildman–Crippen MR) is 92.1 cm³/mol. The van der Waals surface area contributed by atoms with Gasteiger partial charge in [0.2, 0.25) is 10.0 Å². The molecule has 0 amide bonds. The van der Waals surface area contributed by atoms with Gasteiger partial charge < -0.3 is 9.47 Å². The second-order valence-electron chi connectivity index (χ2n) is 5.66. The summed E-state index contributed by atoms with van der Waals surface area (Å²) >= 11 is 1.50. The molecule has 130 valence electrons. The molecular formula is C16H20N2O4S2. The summed E-state index contributed by atoms with van der Waals surface area (Å²) in [5.74, 6) is -0.0377.